The Hall–Kier alpha value is -2.28. The Kier molecular flexibility index (Phi) is 3.57. The summed E-state index contributed by atoms with van der Waals surface area (Å²) in [7, 11) is 0. The third-order valence-electron chi connectivity index (χ3n) is 5.17. The van der Waals surface area contributed by atoms with Crippen LogP contribution in [0.1, 0.15) is 29.6 Å². The molecule has 4 rings (SSSR count). The lowest BCUT2D eigenvalue weighted by molar-refractivity contribution is 0.0783. The molecular formula is C16H20N6O. The summed E-state index contributed by atoms with van der Waals surface area (Å²) in [6.45, 7) is 1.63. The Bertz CT molecular complexity index is 683. The lowest BCUT2D eigenvalue weighted by Gasteiger charge is -2.29. The van der Waals surface area contributed by atoms with Crippen molar-refractivity contribution in [2.24, 2.45) is 17.6 Å². The van der Waals surface area contributed by atoms with Crippen molar-refractivity contribution in [3.8, 4) is 5.69 Å². The molecule has 2 N–H and O–H groups in total. The molecule has 23 heavy (non-hydrogen) atoms. The van der Waals surface area contributed by atoms with Gasteiger partial charge in [0.15, 0.2) is 0 Å². The van der Waals surface area contributed by atoms with Crippen molar-refractivity contribution in [3.05, 3.63) is 36.2 Å². The van der Waals surface area contributed by atoms with Gasteiger partial charge >= 0.3 is 0 Å². The highest BCUT2D eigenvalue weighted by atomic mass is 16.2. The molecule has 1 aromatic carbocycles. The van der Waals surface area contributed by atoms with Crippen LogP contribution in [0.5, 0.6) is 0 Å². The molecule has 120 valence electrons. The van der Waals surface area contributed by atoms with Crippen LogP contribution < -0.4 is 5.73 Å². The van der Waals surface area contributed by atoms with Gasteiger partial charge in [-0.3, -0.25) is 4.79 Å². The van der Waals surface area contributed by atoms with Gasteiger partial charge in [-0.15, -0.1) is 5.10 Å². The Morgan fingerprint density at radius 1 is 1.17 bits per heavy atom. The number of aromatic nitrogens is 4. The number of nitrogens with zero attached hydrogens (tertiary/aromatic N) is 5. The molecule has 1 saturated carbocycles. The molecule has 3 unspecified atom stereocenters. The first-order valence-electron chi connectivity index (χ1n) is 8.10. The molecule has 1 amide bonds. The standard InChI is InChI=1S/C16H20N6O/c17-15-3-1-2-12-8-21(9-14(12)15)16(23)11-4-6-13(7-5-11)22-10-18-19-20-22/h4-7,10,12,14-15H,1-3,8-9,17H2. The molecule has 3 atom stereocenters. The van der Waals surface area contributed by atoms with Crippen LogP contribution in [0.15, 0.2) is 30.6 Å². The molecule has 1 aliphatic carbocycles. The third-order valence-corrected chi connectivity index (χ3v) is 5.17. The van der Waals surface area contributed by atoms with Crippen LogP contribution in [0.2, 0.25) is 0 Å². The summed E-state index contributed by atoms with van der Waals surface area (Å²) in [5.74, 6) is 1.13. The fraction of sp³-hybridized carbons (Fsp3) is 0.500. The summed E-state index contributed by atoms with van der Waals surface area (Å²) in [5, 5.41) is 11.1. The van der Waals surface area contributed by atoms with Gasteiger partial charge in [0.05, 0.1) is 5.69 Å². The highest BCUT2D eigenvalue weighted by Gasteiger charge is 2.40. The number of nitrogens with two attached hydrogens (primary N) is 1. The number of fused-ring (bicyclic) bond motifs is 1. The Morgan fingerprint density at radius 3 is 2.70 bits per heavy atom. The van der Waals surface area contributed by atoms with Gasteiger partial charge in [-0.25, -0.2) is 4.68 Å². The summed E-state index contributed by atoms with van der Waals surface area (Å²) in [4.78, 5) is 14.7. The van der Waals surface area contributed by atoms with Crippen LogP contribution >= 0.6 is 0 Å². The van der Waals surface area contributed by atoms with Gasteiger partial charge in [0, 0.05) is 24.7 Å². The van der Waals surface area contributed by atoms with Crippen LogP contribution in [0, 0.1) is 11.8 Å². The lowest BCUT2D eigenvalue weighted by atomic mass is 9.78. The SMILES string of the molecule is NC1CCCC2CN(C(=O)c3ccc(-n4cnnn4)cc3)CC12. The zero-order chi connectivity index (χ0) is 15.8. The van der Waals surface area contributed by atoms with Crippen molar-refractivity contribution < 1.29 is 4.79 Å². The predicted molar refractivity (Wildman–Crippen MR) is 83.9 cm³/mol. The highest BCUT2D eigenvalue weighted by molar-refractivity contribution is 5.94. The van der Waals surface area contributed by atoms with E-state index >= 15 is 0 Å². The number of benzene rings is 1. The number of tetrazole rings is 1. The minimum absolute atomic E-state index is 0.0925. The van der Waals surface area contributed by atoms with Crippen LogP contribution in [0.4, 0.5) is 0 Å². The second kappa shape index (κ2) is 5.73. The number of rotatable bonds is 2. The zero-order valence-electron chi connectivity index (χ0n) is 12.9. The number of likely N-dealkylation sites (tertiary alicyclic amines) is 1. The Labute approximate surface area is 134 Å². The van der Waals surface area contributed by atoms with E-state index in [4.69, 9.17) is 5.73 Å². The molecule has 2 fully saturated rings. The van der Waals surface area contributed by atoms with Gasteiger partial charge in [0.25, 0.3) is 5.91 Å². The first-order valence-corrected chi connectivity index (χ1v) is 8.10. The maximum Gasteiger partial charge on any atom is 0.253 e. The number of hydrogen-bond donors (Lipinski definition) is 1. The van der Waals surface area contributed by atoms with E-state index in [2.05, 4.69) is 15.5 Å². The third kappa shape index (κ3) is 2.61. The van der Waals surface area contributed by atoms with Crippen LogP contribution in [0.3, 0.4) is 0 Å². The van der Waals surface area contributed by atoms with Gasteiger partial charge in [0.1, 0.15) is 6.33 Å². The van der Waals surface area contributed by atoms with Crippen molar-refractivity contribution in [1.29, 1.82) is 0 Å². The second-order valence-electron chi connectivity index (χ2n) is 6.53. The molecule has 1 saturated heterocycles. The quantitative estimate of drug-likeness (QED) is 0.888. The molecule has 0 spiro atoms. The van der Waals surface area contributed by atoms with E-state index < -0.39 is 0 Å². The zero-order valence-corrected chi connectivity index (χ0v) is 12.9. The number of carbonyl (C=O) groups is 1. The van der Waals surface area contributed by atoms with Gasteiger partial charge in [-0.1, -0.05) is 6.42 Å². The first-order chi connectivity index (χ1) is 11.2. The van der Waals surface area contributed by atoms with Crippen LogP contribution in [-0.4, -0.2) is 50.1 Å². The van der Waals surface area contributed by atoms with E-state index in [1.54, 1.807) is 4.68 Å². The molecule has 0 radical (unpaired) electrons. The van der Waals surface area contributed by atoms with Crippen molar-refractivity contribution >= 4 is 5.91 Å². The largest absolute Gasteiger partial charge is 0.338 e. The maximum atomic E-state index is 12.7. The topological polar surface area (TPSA) is 89.9 Å². The average molecular weight is 312 g/mol. The molecule has 2 aromatic rings. The molecule has 2 aliphatic rings. The van der Waals surface area contributed by atoms with Gasteiger partial charge < -0.3 is 10.6 Å². The smallest absolute Gasteiger partial charge is 0.253 e. The fourth-order valence-corrected chi connectivity index (χ4v) is 3.90. The van der Waals surface area contributed by atoms with Crippen molar-refractivity contribution in [2.45, 2.75) is 25.3 Å². The second-order valence-corrected chi connectivity index (χ2v) is 6.53. The molecule has 1 aliphatic heterocycles. The fourth-order valence-electron chi connectivity index (χ4n) is 3.90. The lowest BCUT2D eigenvalue weighted by Crippen LogP contribution is -2.38. The van der Waals surface area contributed by atoms with Crippen molar-refractivity contribution in [1.82, 2.24) is 25.1 Å². The number of amides is 1. The van der Waals surface area contributed by atoms with Crippen molar-refractivity contribution in [2.75, 3.05) is 13.1 Å². The van der Waals surface area contributed by atoms with E-state index in [0.717, 1.165) is 25.2 Å². The summed E-state index contributed by atoms with van der Waals surface area (Å²) < 4.78 is 1.57. The number of hydrogen-bond acceptors (Lipinski definition) is 5. The molecule has 2 heterocycles. The van der Waals surface area contributed by atoms with E-state index in [-0.39, 0.29) is 11.9 Å². The van der Waals surface area contributed by atoms with Gasteiger partial charge in [0.2, 0.25) is 0 Å². The van der Waals surface area contributed by atoms with E-state index in [0.29, 0.717) is 17.4 Å². The van der Waals surface area contributed by atoms with Gasteiger partial charge in [-0.05, 0) is 59.4 Å². The summed E-state index contributed by atoms with van der Waals surface area (Å²) in [5.41, 5.74) is 7.78. The minimum Gasteiger partial charge on any atom is -0.338 e. The van der Waals surface area contributed by atoms with E-state index in [1.807, 2.05) is 29.2 Å². The Balaban J connectivity index is 1.49. The molecule has 0 bridgehead atoms. The molecule has 7 nitrogen and oxygen atoms in total. The van der Waals surface area contributed by atoms with Gasteiger partial charge in [-0.2, -0.15) is 0 Å². The van der Waals surface area contributed by atoms with Crippen LogP contribution in [0.25, 0.3) is 5.69 Å². The Morgan fingerprint density at radius 2 is 2.00 bits per heavy atom. The monoisotopic (exact) mass is 312 g/mol. The maximum absolute atomic E-state index is 12.7. The summed E-state index contributed by atoms with van der Waals surface area (Å²) in [6, 6.07) is 7.63. The normalized spacial score (nSPS) is 27.0. The van der Waals surface area contributed by atoms with Crippen LogP contribution in [-0.2, 0) is 0 Å². The molecule has 1 aromatic heterocycles. The van der Waals surface area contributed by atoms with E-state index in [9.17, 15) is 4.79 Å². The summed E-state index contributed by atoms with van der Waals surface area (Å²) in [6.07, 6.45) is 5.00. The predicted octanol–water partition coefficient (Wildman–Crippen LogP) is 0.862. The number of carbonyl (C=O) groups excluding carboxylic acids is 1. The first kappa shape index (κ1) is 14.3. The molecule has 7 heteroatoms. The average Bonchev–Trinajstić information content (AvgIpc) is 3.24. The highest BCUT2D eigenvalue weighted by Crippen LogP contribution is 2.36. The van der Waals surface area contributed by atoms with E-state index in [1.165, 1.54) is 19.2 Å². The van der Waals surface area contributed by atoms with Crippen molar-refractivity contribution in [3.63, 3.8) is 0 Å². The summed E-state index contributed by atoms with van der Waals surface area (Å²) >= 11 is 0. The molecular weight excluding hydrogens is 292 g/mol. The minimum atomic E-state index is 0.0925.